The molecule has 2 aromatic rings. The minimum atomic E-state index is -0.520. The summed E-state index contributed by atoms with van der Waals surface area (Å²) < 4.78 is 5.30. The maximum atomic E-state index is 12.2. The number of ether oxygens (including phenoxy) is 1. The van der Waals surface area contributed by atoms with Gasteiger partial charge in [0.15, 0.2) is 5.96 Å². The maximum Gasteiger partial charge on any atom is 0.343 e. The molecule has 0 bridgehead atoms. The number of nitrogens with zero attached hydrogens (tertiary/aromatic N) is 1. The van der Waals surface area contributed by atoms with Crippen molar-refractivity contribution in [1.82, 2.24) is 5.32 Å². The molecule has 0 aromatic heterocycles. The van der Waals surface area contributed by atoms with Crippen molar-refractivity contribution in [3.05, 3.63) is 59.7 Å². The van der Waals surface area contributed by atoms with Crippen LogP contribution in [0, 0.1) is 0 Å². The molecule has 0 atom stereocenters. The van der Waals surface area contributed by atoms with Gasteiger partial charge in [-0.15, -0.1) is 0 Å². The molecule has 0 saturated heterocycles. The van der Waals surface area contributed by atoms with Crippen LogP contribution in [0.4, 0.5) is 5.69 Å². The highest BCUT2D eigenvalue weighted by molar-refractivity contribution is 5.95. The van der Waals surface area contributed by atoms with Gasteiger partial charge in [-0.2, -0.15) is 0 Å². The van der Waals surface area contributed by atoms with Gasteiger partial charge in [0.05, 0.1) is 11.3 Å². The van der Waals surface area contributed by atoms with Crippen molar-refractivity contribution in [1.29, 1.82) is 0 Å². The molecule has 1 amide bonds. The van der Waals surface area contributed by atoms with Gasteiger partial charge in [0.2, 0.25) is 0 Å². The zero-order valence-corrected chi connectivity index (χ0v) is 14.9. The molecule has 0 heterocycles. The standard InChI is InChI=1S/C19H22N4O3/c1-19(2,3)23-16(24)12-6-10-15(11-7-12)26-17(25)13-4-8-14(9-5-13)22-18(20)21/h4-11H,1-3H3,(H,23,24)(H4,20,21,22). The van der Waals surface area contributed by atoms with E-state index in [1.54, 1.807) is 48.5 Å². The van der Waals surface area contributed by atoms with Crippen LogP contribution in [0.3, 0.4) is 0 Å². The van der Waals surface area contributed by atoms with Gasteiger partial charge in [-0.05, 0) is 69.3 Å². The molecule has 136 valence electrons. The van der Waals surface area contributed by atoms with E-state index in [1.807, 2.05) is 20.8 Å². The Kier molecular flexibility index (Phi) is 5.61. The molecule has 0 aliphatic carbocycles. The largest absolute Gasteiger partial charge is 0.423 e. The molecular formula is C19H22N4O3. The molecule has 0 aliphatic heterocycles. The van der Waals surface area contributed by atoms with Crippen LogP contribution in [0.15, 0.2) is 53.5 Å². The SMILES string of the molecule is CC(C)(C)NC(=O)c1ccc(OC(=O)c2ccc(N=C(N)N)cc2)cc1. The first-order valence-corrected chi connectivity index (χ1v) is 7.98. The highest BCUT2D eigenvalue weighted by atomic mass is 16.5. The Morgan fingerprint density at radius 3 is 1.96 bits per heavy atom. The first kappa shape index (κ1) is 19.0. The Morgan fingerprint density at radius 2 is 1.46 bits per heavy atom. The first-order chi connectivity index (χ1) is 12.1. The fourth-order valence-electron chi connectivity index (χ4n) is 2.07. The summed E-state index contributed by atoms with van der Waals surface area (Å²) in [5.41, 5.74) is 11.7. The van der Waals surface area contributed by atoms with Crippen LogP contribution in [0.2, 0.25) is 0 Å². The molecule has 2 rings (SSSR count). The molecule has 0 saturated carbocycles. The number of nitrogens with one attached hydrogen (secondary N) is 1. The van der Waals surface area contributed by atoms with Gasteiger partial charge in [0.25, 0.3) is 5.91 Å². The summed E-state index contributed by atoms with van der Waals surface area (Å²) in [6, 6.07) is 12.7. The molecule has 0 fully saturated rings. The van der Waals surface area contributed by atoms with Gasteiger partial charge >= 0.3 is 5.97 Å². The lowest BCUT2D eigenvalue weighted by atomic mass is 10.1. The van der Waals surface area contributed by atoms with Crippen molar-refractivity contribution in [3.8, 4) is 5.75 Å². The number of rotatable bonds is 4. The average Bonchev–Trinajstić information content (AvgIpc) is 2.54. The predicted molar refractivity (Wildman–Crippen MR) is 101 cm³/mol. The molecule has 0 aliphatic rings. The third kappa shape index (κ3) is 5.62. The van der Waals surface area contributed by atoms with E-state index < -0.39 is 5.97 Å². The van der Waals surface area contributed by atoms with E-state index in [0.717, 1.165) is 0 Å². The van der Waals surface area contributed by atoms with Gasteiger partial charge in [-0.1, -0.05) is 0 Å². The van der Waals surface area contributed by atoms with Crippen molar-refractivity contribution in [2.24, 2.45) is 16.5 Å². The Labute approximate surface area is 152 Å². The van der Waals surface area contributed by atoms with Crippen LogP contribution < -0.4 is 21.5 Å². The second-order valence-corrected chi connectivity index (χ2v) is 6.70. The first-order valence-electron chi connectivity index (χ1n) is 7.98. The van der Waals surface area contributed by atoms with E-state index in [1.165, 1.54) is 0 Å². The third-order valence-electron chi connectivity index (χ3n) is 3.18. The highest BCUT2D eigenvalue weighted by Crippen LogP contribution is 2.17. The molecule has 0 spiro atoms. The van der Waals surface area contributed by atoms with Crippen molar-refractivity contribution in [2.45, 2.75) is 26.3 Å². The van der Waals surface area contributed by atoms with E-state index in [0.29, 0.717) is 22.6 Å². The number of hydrogen-bond acceptors (Lipinski definition) is 4. The van der Waals surface area contributed by atoms with E-state index in [-0.39, 0.29) is 17.4 Å². The molecule has 2 aromatic carbocycles. The number of aliphatic imine (C=N–C) groups is 1. The number of guanidine groups is 1. The lowest BCUT2D eigenvalue weighted by molar-refractivity contribution is 0.0734. The number of hydrogen-bond donors (Lipinski definition) is 3. The average molecular weight is 354 g/mol. The maximum absolute atomic E-state index is 12.2. The summed E-state index contributed by atoms with van der Waals surface area (Å²) >= 11 is 0. The van der Waals surface area contributed by atoms with Crippen molar-refractivity contribution < 1.29 is 14.3 Å². The monoisotopic (exact) mass is 354 g/mol. The van der Waals surface area contributed by atoms with Crippen molar-refractivity contribution in [3.63, 3.8) is 0 Å². The Bertz CT molecular complexity index is 815. The number of carbonyl (C=O) groups is 2. The Balaban J connectivity index is 2.03. The minimum Gasteiger partial charge on any atom is -0.423 e. The number of esters is 1. The van der Waals surface area contributed by atoms with Gasteiger partial charge in [-0.3, -0.25) is 4.79 Å². The van der Waals surface area contributed by atoms with Gasteiger partial charge in [0.1, 0.15) is 5.75 Å². The number of carbonyl (C=O) groups excluding carboxylic acids is 2. The molecule has 7 heteroatoms. The van der Waals surface area contributed by atoms with Crippen LogP contribution in [0.5, 0.6) is 5.75 Å². The molecule has 0 unspecified atom stereocenters. The predicted octanol–water partition coefficient (Wildman–Crippen LogP) is 2.34. The van der Waals surface area contributed by atoms with Crippen LogP contribution in [-0.4, -0.2) is 23.4 Å². The molecule has 26 heavy (non-hydrogen) atoms. The summed E-state index contributed by atoms with van der Waals surface area (Å²) in [7, 11) is 0. The second kappa shape index (κ2) is 7.69. The lowest BCUT2D eigenvalue weighted by Gasteiger charge is -2.20. The lowest BCUT2D eigenvalue weighted by Crippen LogP contribution is -2.40. The number of nitrogens with two attached hydrogens (primary N) is 2. The summed E-state index contributed by atoms with van der Waals surface area (Å²) in [5.74, 6) is -0.426. The van der Waals surface area contributed by atoms with Gasteiger partial charge < -0.3 is 21.5 Å². The molecule has 5 N–H and O–H groups in total. The van der Waals surface area contributed by atoms with E-state index in [9.17, 15) is 9.59 Å². The second-order valence-electron chi connectivity index (χ2n) is 6.70. The highest BCUT2D eigenvalue weighted by Gasteiger charge is 2.15. The summed E-state index contributed by atoms with van der Waals surface area (Å²) in [6.07, 6.45) is 0. The minimum absolute atomic E-state index is 0.0593. The normalized spacial score (nSPS) is 10.7. The third-order valence-corrected chi connectivity index (χ3v) is 3.18. The topological polar surface area (TPSA) is 120 Å². The molecule has 7 nitrogen and oxygen atoms in total. The number of amides is 1. The van der Waals surface area contributed by atoms with E-state index in [2.05, 4.69) is 10.3 Å². The quantitative estimate of drug-likeness (QED) is 0.337. The van der Waals surface area contributed by atoms with Crippen molar-refractivity contribution in [2.75, 3.05) is 0 Å². The van der Waals surface area contributed by atoms with Crippen LogP contribution in [0.25, 0.3) is 0 Å². The van der Waals surface area contributed by atoms with Crippen molar-refractivity contribution >= 4 is 23.5 Å². The number of benzene rings is 2. The molecule has 0 radical (unpaired) electrons. The summed E-state index contributed by atoms with van der Waals surface area (Å²) in [4.78, 5) is 28.1. The zero-order valence-electron chi connectivity index (χ0n) is 14.9. The van der Waals surface area contributed by atoms with Crippen LogP contribution >= 0.6 is 0 Å². The fourth-order valence-corrected chi connectivity index (χ4v) is 2.07. The van der Waals surface area contributed by atoms with E-state index >= 15 is 0 Å². The summed E-state index contributed by atoms with van der Waals surface area (Å²) in [6.45, 7) is 5.71. The zero-order chi connectivity index (χ0) is 19.3. The summed E-state index contributed by atoms with van der Waals surface area (Å²) in [5, 5.41) is 2.87. The van der Waals surface area contributed by atoms with Crippen LogP contribution in [0.1, 0.15) is 41.5 Å². The van der Waals surface area contributed by atoms with Gasteiger partial charge in [-0.25, -0.2) is 9.79 Å². The van der Waals surface area contributed by atoms with E-state index in [4.69, 9.17) is 16.2 Å². The van der Waals surface area contributed by atoms with Crippen LogP contribution in [-0.2, 0) is 0 Å². The smallest absolute Gasteiger partial charge is 0.343 e. The Morgan fingerprint density at radius 1 is 0.923 bits per heavy atom. The van der Waals surface area contributed by atoms with Gasteiger partial charge in [0, 0.05) is 11.1 Å². The molecular weight excluding hydrogens is 332 g/mol. The Hall–Kier alpha value is -3.35. The fraction of sp³-hybridized carbons (Fsp3) is 0.211.